The smallest absolute Gasteiger partial charge is 0.258 e. The Bertz CT molecular complexity index is 454. The van der Waals surface area contributed by atoms with E-state index < -0.39 is 10.5 Å². The largest absolute Gasteiger partial charge is 0.310 e. The monoisotopic (exact) mass is 222 g/mol. The lowest BCUT2D eigenvalue weighted by Gasteiger charge is -2.14. The molecule has 0 atom stereocenters. The number of nitrogens with zero attached hydrogens (tertiary/aromatic N) is 4. The normalized spacial score (nSPS) is 11.5. The van der Waals surface area contributed by atoms with Gasteiger partial charge in [0.25, 0.3) is 0 Å². The summed E-state index contributed by atoms with van der Waals surface area (Å²) in [7, 11) is 0. The summed E-state index contributed by atoms with van der Waals surface area (Å²) in [6, 6.07) is 2.05. The molecule has 1 heterocycles. The molecule has 0 saturated carbocycles. The number of nitriles is 1. The summed E-state index contributed by atoms with van der Waals surface area (Å²) >= 11 is 0. The van der Waals surface area contributed by atoms with Gasteiger partial charge in [-0.1, -0.05) is 13.8 Å². The van der Waals surface area contributed by atoms with E-state index in [1.54, 1.807) is 13.8 Å². The van der Waals surface area contributed by atoms with E-state index in [1.807, 2.05) is 13.8 Å². The molecule has 1 rings (SSSR count). The van der Waals surface area contributed by atoms with Crippen LogP contribution in [-0.4, -0.2) is 14.7 Å². The molecule has 0 saturated heterocycles. The molecule has 1 aromatic rings. The van der Waals surface area contributed by atoms with Crippen LogP contribution in [0, 0.1) is 21.4 Å². The molecule has 16 heavy (non-hydrogen) atoms. The summed E-state index contributed by atoms with van der Waals surface area (Å²) in [4.78, 5) is 10.4. The molecule has 1 aromatic heterocycles. The summed E-state index contributed by atoms with van der Waals surface area (Å²) in [5, 5.41) is 23.9. The Morgan fingerprint density at radius 1 is 1.62 bits per heavy atom. The van der Waals surface area contributed by atoms with Gasteiger partial charge in [0.1, 0.15) is 17.4 Å². The Morgan fingerprint density at radius 2 is 2.19 bits per heavy atom. The van der Waals surface area contributed by atoms with Crippen LogP contribution < -0.4 is 0 Å². The van der Waals surface area contributed by atoms with E-state index in [4.69, 9.17) is 5.26 Å². The molecule has 0 fully saturated rings. The molecule has 0 aliphatic heterocycles. The number of nitro groups is 1. The fourth-order valence-corrected chi connectivity index (χ4v) is 1.27. The maximum atomic E-state index is 10.8. The molecule has 0 aliphatic rings. The summed E-state index contributed by atoms with van der Waals surface area (Å²) in [5.41, 5.74) is -0.496. The highest BCUT2D eigenvalue weighted by Gasteiger charge is 2.28. The summed E-state index contributed by atoms with van der Waals surface area (Å²) in [5.74, 6) is -0.0452. The van der Waals surface area contributed by atoms with Gasteiger partial charge in [0.2, 0.25) is 0 Å². The second-order valence-electron chi connectivity index (χ2n) is 4.43. The van der Waals surface area contributed by atoms with E-state index in [-0.39, 0.29) is 11.6 Å². The van der Waals surface area contributed by atoms with Gasteiger partial charge in [0.05, 0.1) is 11.0 Å². The first kappa shape index (κ1) is 12.2. The zero-order valence-electron chi connectivity index (χ0n) is 9.76. The molecule has 0 bridgehead atoms. The lowest BCUT2D eigenvalue weighted by molar-refractivity contribution is -0.385. The SMILES string of the molecule is CC(C)c1nn(C(C)(C)C#N)cc1[N+](=O)[O-]. The molecule has 0 radical (unpaired) electrons. The summed E-state index contributed by atoms with van der Waals surface area (Å²) < 4.78 is 1.35. The number of aromatic nitrogens is 2. The molecular formula is C10H14N4O2. The van der Waals surface area contributed by atoms with Crippen LogP contribution in [0.15, 0.2) is 6.20 Å². The van der Waals surface area contributed by atoms with Crippen molar-refractivity contribution in [3.05, 3.63) is 22.0 Å². The third-order valence-corrected chi connectivity index (χ3v) is 2.31. The molecule has 6 heteroatoms. The first-order valence-electron chi connectivity index (χ1n) is 4.95. The molecule has 6 nitrogen and oxygen atoms in total. The van der Waals surface area contributed by atoms with E-state index in [2.05, 4.69) is 11.2 Å². The van der Waals surface area contributed by atoms with Crippen LogP contribution in [0.1, 0.15) is 39.3 Å². The Kier molecular flexibility index (Phi) is 2.99. The quantitative estimate of drug-likeness (QED) is 0.579. The van der Waals surface area contributed by atoms with Crippen molar-refractivity contribution in [3.8, 4) is 6.07 Å². The van der Waals surface area contributed by atoms with Gasteiger partial charge in [-0.05, 0) is 13.8 Å². The van der Waals surface area contributed by atoms with Gasteiger partial charge in [0.15, 0.2) is 0 Å². The molecule has 86 valence electrons. The van der Waals surface area contributed by atoms with Crippen molar-refractivity contribution >= 4 is 5.69 Å². The second kappa shape index (κ2) is 3.93. The molecule has 0 aliphatic carbocycles. The van der Waals surface area contributed by atoms with Crippen LogP contribution in [0.25, 0.3) is 0 Å². The first-order chi connectivity index (χ1) is 7.29. The van der Waals surface area contributed by atoms with Gasteiger partial charge in [-0.2, -0.15) is 10.4 Å². The van der Waals surface area contributed by atoms with Crippen molar-refractivity contribution in [1.29, 1.82) is 5.26 Å². The molecule has 0 spiro atoms. The molecule has 0 N–H and O–H groups in total. The van der Waals surface area contributed by atoms with Crippen molar-refractivity contribution in [1.82, 2.24) is 9.78 Å². The van der Waals surface area contributed by atoms with Crippen LogP contribution >= 0.6 is 0 Å². The van der Waals surface area contributed by atoms with Crippen LogP contribution in [0.2, 0.25) is 0 Å². The van der Waals surface area contributed by atoms with Crippen molar-refractivity contribution in [2.24, 2.45) is 0 Å². The summed E-state index contributed by atoms with van der Waals surface area (Å²) in [6.45, 7) is 6.99. The van der Waals surface area contributed by atoms with Crippen LogP contribution in [-0.2, 0) is 5.54 Å². The zero-order valence-corrected chi connectivity index (χ0v) is 9.76. The van der Waals surface area contributed by atoms with Crippen molar-refractivity contribution in [2.75, 3.05) is 0 Å². The van der Waals surface area contributed by atoms with Gasteiger partial charge in [-0.25, -0.2) is 4.68 Å². The predicted octanol–water partition coefficient (Wildman–Crippen LogP) is 2.17. The van der Waals surface area contributed by atoms with E-state index in [9.17, 15) is 10.1 Å². The molecule has 0 unspecified atom stereocenters. The van der Waals surface area contributed by atoms with Crippen molar-refractivity contribution in [2.45, 2.75) is 39.2 Å². The number of hydrogen-bond donors (Lipinski definition) is 0. The number of rotatable bonds is 3. The Balaban J connectivity index is 3.34. The third-order valence-electron chi connectivity index (χ3n) is 2.31. The van der Waals surface area contributed by atoms with E-state index in [0.717, 1.165) is 0 Å². The second-order valence-corrected chi connectivity index (χ2v) is 4.43. The van der Waals surface area contributed by atoms with E-state index in [1.165, 1.54) is 10.9 Å². The summed E-state index contributed by atoms with van der Waals surface area (Å²) in [6.07, 6.45) is 1.32. The topological polar surface area (TPSA) is 84.8 Å². The lowest BCUT2D eigenvalue weighted by Crippen LogP contribution is -2.24. The first-order valence-corrected chi connectivity index (χ1v) is 4.95. The van der Waals surface area contributed by atoms with Gasteiger partial charge < -0.3 is 0 Å². The lowest BCUT2D eigenvalue weighted by atomic mass is 10.1. The standard InChI is InChI=1S/C10H14N4O2/c1-7(2)9-8(14(15)16)5-13(12-9)10(3,4)6-11/h5,7H,1-4H3. The van der Waals surface area contributed by atoms with Gasteiger partial charge in [-0.15, -0.1) is 0 Å². The average Bonchev–Trinajstić information content (AvgIpc) is 2.62. The molecule has 0 amide bonds. The van der Waals surface area contributed by atoms with Crippen LogP contribution in [0.4, 0.5) is 5.69 Å². The van der Waals surface area contributed by atoms with Crippen molar-refractivity contribution < 1.29 is 4.92 Å². The number of hydrogen-bond acceptors (Lipinski definition) is 4. The van der Waals surface area contributed by atoms with Gasteiger partial charge >= 0.3 is 5.69 Å². The van der Waals surface area contributed by atoms with Gasteiger partial charge in [-0.3, -0.25) is 10.1 Å². The van der Waals surface area contributed by atoms with Gasteiger partial charge in [0, 0.05) is 5.92 Å². The van der Waals surface area contributed by atoms with Crippen LogP contribution in [0.5, 0.6) is 0 Å². The Labute approximate surface area is 93.6 Å². The molecule has 0 aromatic carbocycles. The minimum absolute atomic E-state index is 0.0293. The minimum Gasteiger partial charge on any atom is -0.258 e. The molecular weight excluding hydrogens is 208 g/mol. The predicted molar refractivity (Wildman–Crippen MR) is 57.9 cm³/mol. The highest BCUT2D eigenvalue weighted by atomic mass is 16.6. The minimum atomic E-state index is -0.877. The van der Waals surface area contributed by atoms with E-state index >= 15 is 0 Å². The Morgan fingerprint density at radius 3 is 2.50 bits per heavy atom. The maximum absolute atomic E-state index is 10.8. The zero-order chi connectivity index (χ0) is 12.5. The van der Waals surface area contributed by atoms with E-state index in [0.29, 0.717) is 5.69 Å². The fourth-order valence-electron chi connectivity index (χ4n) is 1.27. The van der Waals surface area contributed by atoms with Crippen LogP contribution in [0.3, 0.4) is 0 Å². The highest BCUT2D eigenvalue weighted by molar-refractivity contribution is 5.35. The third kappa shape index (κ3) is 2.03. The highest BCUT2D eigenvalue weighted by Crippen LogP contribution is 2.27. The fraction of sp³-hybridized carbons (Fsp3) is 0.600. The average molecular weight is 222 g/mol. The van der Waals surface area contributed by atoms with Crippen molar-refractivity contribution in [3.63, 3.8) is 0 Å². The Hall–Kier alpha value is -1.90. The maximum Gasteiger partial charge on any atom is 0.310 e.